The van der Waals surface area contributed by atoms with Crippen LogP contribution in [-0.2, 0) is 11.8 Å². The predicted molar refractivity (Wildman–Crippen MR) is 69.5 cm³/mol. The van der Waals surface area contributed by atoms with Crippen molar-refractivity contribution in [1.29, 1.82) is 0 Å². The number of hydrazine groups is 1. The van der Waals surface area contributed by atoms with E-state index in [0.29, 0.717) is 5.52 Å². The molecular weight excluding hydrogens is 256 g/mol. The first-order valence-electron chi connectivity index (χ1n) is 5.20. The number of para-hydroxylation sites is 2. The highest BCUT2D eigenvalue weighted by molar-refractivity contribution is 6.27. The number of aryl methyl sites for hydroxylation is 1. The van der Waals surface area contributed by atoms with Crippen LogP contribution in [0.1, 0.15) is 0 Å². The Hall–Kier alpha value is -2.08. The van der Waals surface area contributed by atoms with Gasteiger partial charge in [-0.1, -0.05) is 12.1 Å². The molecule has 94 valence electrons. The number of anilines is 1. The number of fused-ring (bicyclic) bond motifs is 1. The summed E-state index contributed by atoms with van der Waals surface area (Å²) in [6.45, 7) is 0. The van der Waals surface area contributed by atoms with Crippen LogP contribution in [-0.4, -0.2) is 21.3 Å². The third kappa shape index (κ3) is 2.28. The molecule has 2 N–H and O–H groups in total. The van der Waals surface area contributed by atoms with Crippen LogP contribution in [0.3, 0.4) is 0 Å². The summed E-state index contributed by atoms with van der Waals surface area (Å²) in [5.74, 6) is -0.579. The molecule has 1 heterocycles. The smallest absolute Gasteiger partial charge is 0.295 e. The quantitative estimate of drug-likeness (QED) is 0.631. The summed E-state index contributed by atoms with van der Waals surface area (Å²) in [5, 5.41) is 0. The Labute approximate surface area is 108 Å². The molecule has 0 aliphatic carbocycles. The lowest BCUT2D eigenvalue weighted by atomic mass is 10.3. The number of hydrogen-bond donors (Lipinski definition) is 2. The fourth-order valence-corrected chi connectivity index (χ4v) is 1.59. The molecule has 1 aromatic heterocycles. The number of hydrogen-bond acceptors (Lipinski definition) is 4. The second-order valence-corrected chi connectivity index (χ2v) is 3.89. The maximum Gasteiger partial charge on any atom is 0.295 e. The molecule has 0 aliphatic heterocycles. The average molecular weight is 267 g/mol. The summed E-state index contributed by atoms with van der Waals surface area (Å²) < 4.78 is 1.46. The second-order valence-electron chi connectivity index (χ2n) is 3.62. The SMILES string of the molecule is Cn1c(=O)c(NNC(=O)CCl)nc2ccccc21. The van der Waals surface area contributed by atoms with Gasteiger partial charge in [0, 0.05) is 7.05 Å². The van der Waals surface area contributed by atoms with E-state index in [4.69, 9.17) is 11.6 Å². The molecular formula is C11H11ClN4O2. The molecule has 2 aromatic rings. The van der Waals surface area contributed by atoms with E-state index in [0.717, 1.165) is 5.52 Å². The number of aromatic nitrogens is 2. The molecule has 0 unspecified atom stereocenters. The minimum absolute atomic E-state index is 0.0506. The van der Waals surface area contributed by atoms with Gasteiger partial charge in [-0.2, -0.15) is 0 Å². The van der Waals surface area contributed by atoms with Crippen molar-refractivity contribution in [3.8, 4) is 0 Å². The van der Waals surface area contributed by atoms with Crippen molar-refractivity contribution in [2.24, 2.45) is 7.05 Å². The topological polar surface area (TPSA) is 76.0 Å². The minimum Gasteiger partial charge on any atom is -0.307 e. The van der Waals surface area contributed by atoms with Gasteiger partial charge in [0.15, 0.2) is 0 Å². The molecule has 0 atom stereocenters. The van der Waals surface area contributed by atoms with Crippen LogP contribution in [0, 0.1) is 0 Å². The zero-order chi connectivity index (χ0) is 13.1. The molecule has 0 aliphatic rings. The Morgan fingerprint density at radius 1 is 1.44 bits per heavy atom. The second kappa shape index (κ2) is 5.05. The molecule has 6 nitrogen and oxygen atoms in total. The van der Waals surface area contributed by atoms with Gasteiger partial charge in [-0.3, -0.25) is 20.4 Å². The van der Waals surface area contributed by atoms with Crippen LogP contribution in [0.15, 0.2) is 29.1 Å². The summed E-state index contributed by atoms with van der Waals surface area (Å²) in [5.41, 5.74) is 5.80. The van der Waals surface area contributed by atoms with Gasteiger partial charge in [0.1, 0.15) is 5.88 Å². The molecule has 0 bridgehead atoms. The van der Waals surface area contributed by atoms with Crippen molar-refractivity contribution < 1.29 is 4.79 Å². The Morgan fingerprint density at radius 2 is 2.17 bits per heavy atom. The summed E-state index contributed by atoms with van der Waals surface area (Å²) in [4.78, 5) is 27.1. The third-order valence-corrected chi connectivity index (χ3v) is 2.67. The fourth-order valence-electron chi connectivity index (χ4n) is 1.52. The van der Waals surface area contributed by atoms with Gasteiger partial charge in [-0.15, -0.1) is 11.6 Å². The number of nitrogens with one attached hydrogen (secondary N) is 2. The maximum absolute atomic E-state index is 11.9. The first-order valence-corrected chi connectivity index (χ1v) is 5.73. The molecule has 0 radical (unpaired) electrons. The van der Waals surface area contributed by atoms with Gasteiger partial charge in [0.05, 0.1) is 11.0 Å². The summed E-state index contributed by atoms with van der Waals surface area (Å²) in [7, 11) is 1.64. The molecule has 18 heavy (non-hydrogen) atoms. The van der Waals surface area contributed by atoms with E-state index in [2.05, 4.69) is 15.8 Å². The van der Waals surface area contributed by atoms with Crippen molar-refractivity contribution in [3.63, 3.8) is 0 Å². The van der Waals surface area contributed by atoms with Gasteiger partial charge in [0.25, 0.3) is 11.5 Å². The normalized spacial score (nSPS) is 10.3. The van der Waals surface area contributed by atoms with E-state index in [-0.39, 0.29) is 17.3 Å². The highest BCUT2D eigenvalue weighted by atomic mass is 35.5. The monoisotopic (exact) mass is 266 g/mol. The van der Waals surface area contributed by atoms with Gasteiger partial charge in [-0.25, -0.2) is 4.98 Å². The Balaban J connectivity index is 2.43. The first-order chi connectivity index (χ1) is 8.63. The van der Waals surface area contributed by atoms with E-state index in [1.807, 2.05) is 12.1 Å². The van der Waals surface area contributed by atoms with Gasteiger partial charge in [-0.05, 0) is 12.1 Å². The maximum atomic E-state index is 11.9. The first kappa shape index (κ1) is 12.4. The van der Waals surface area contributed by atoms with E-state index in [9.17, 15) is 9.59 Å². The fraction of sp³-hybridized carbons (Fsp3) is 0.182. The molecule has 1 amide bonds. The summed E-state index contributed by atoms with van der Waals surface area (Å²) in [6, 6.07) is 7.22. The van der Waals surface area contributed by atoms with Gasteiger partial charge in [0.2, 0.25) is 5.82 Å². The number of amides is 1. The summed E-state index contributed by atoms with van der Waals surface area (Å²) >= 11 is 5.33. The standard InChI is InChI=1S/C11H11ClN4O2/c1-16-8-5-3-2-4-7(8)13-10(11(16)18)15-14-9(17)6-12/h2-5H,6H2,1H3,(H,13,15)(H,14,17). The van der Waals surface area contributed by atoms with Crippen molar-refractivity contribution in [3.05, 3.63) is 34.6 Å². The number of alkyl halides is 1. The Kier molecular flexibility index (Phi) is 3.47. The molecule has 7 heteroatoms. The van der Waals surface area contributed by atoms with E-state index >= 15 is 0 Å². The number of nitrogens with zero attached hydrogens (tertiary/aromatic N) is 2. The Bertz CT molecular complexity index is 653. The number of rotatable bonds is 3. The van der Waals surface area contributed by atoms with E-state index in [1.165, 1.54) is 4.57 Å². The van der Waals surface area contributed by atoms with Crippen LogP contribution in [0.2, 0.25) is 0 Å². The van der Waals surface area contributed by atoms with Crippen LogP contribution in [0.5, 0.6) is 0 Å². The highest BCUT2D eigenvalue weighted by Crippen LogP contribution is 2.09. The molecule has 0 saturated carbocycles. The van der Waals surface area contributed by atoms with Crippen LogP contribution in [0.25, 0.3) is 11.0 Å². The minimum atomic E-state index is -0.436. The summed E-state index contributed by atoms with van der Waals surface area (Å²) in [6.07, 6.45) is 0. The van der Waals surface area contributed by atoms with Crippen LogP contribution < -0.4 is 16.4 Å². The highest BCUT2D eigenvalue weighted by Gasteiger charge is 2.08. The average Bonchev–Trinajstić information content (AvgIpc) is 2.41. The molecule has 0 fully saturated rings. The van der Waals surface area contributed by atoms with Crippen LogP contribution in [0.4, 0.5) is 5.82 Å². The van der Waals surface area contributed by atoms with E-state index < -0.39 is 5.91 Å². The molecule has 0 spiro atoms. The zero-order valence-corrected chi connectivity index (χ0v) is 10.4. The van der Waals surface area contributed by atoms with Crippen molar-refractivity contribution in [2.75, 3.05) is 11.3 Å². The Morgan fingerprint density at radius 3 is 2.89 bits per heavy atom. The van der Waals surface area contributed by atoms with Crippen LogP contribution >= 0.6 is 11.6 Å². The molecule has 1 aromatic carbocycles. The number of benzene rings is 1. The van der Waals surface area contributed by atoms with Crippen molar-refractivity contribution in [1.82, 2.24) is 15.0 Å². The largest absolute Gasteiger partial charge is 0.307 e. The lowest BCUT2D eigenvalue weighted by Gasteiger charge is -2.09. The third-order valence-electron chi connectivity index (χ3n) is 2.42. The van der Waals surface area contributed by atoms with Gasteiger partial charge >= 0.3 is 0 Å². The van der Waals surface area contributed by atoms with Crippen molar-refractivity contribution in [2.45, 2.75) is 0 Å². The molecule has 0 saturated heterocycles. The zero-order valence-electron chi connectivity index (χ0n) is 9.61. The number of carbonyl (C=O) groups is 1. The number of halogens is 1. The predicted octanol–water partition coefficient (Wildman–Crippen LogP) is 0.615. The number of carbonyl (C=O) groups excluding carboxylic acids is 1. The van der Waals surface area contributed by atoms with E-state index in [1.54, 1.807) is 19.2 Å². The lowest BCUT2D eigenvalue weighted by molar-refractivity contribution is -0.118. The van der Waals surface area contributed by atoms with Crippen molar-refractivity contribution >= 4 is 34.4 Å². The van der Waals surface area contributed by atoms with Gasteiger partial charge < -0.3 is 4.57 Å². The molecule has 2 rings (SSSR count). The lowest BCUT2D eigenvalue weighted by Crippen LogP contribution is -2.35.